The number of piperidine rings is 1. The van der Waals surface area contributed by atoms with Crippen molar-refractivity contribution < 1.29 is 9.90 Å². The van der Waals surface area contributed by atoms with E-state index < -0.39 is 5.97 Å². The molecule has 30 heavy (non-hydrogen) atoms. The van der Waals surface area contributed by atoms with Gasteiger partial charge in [-0.25, -0.2) is 0 Å². The number of carbonyl (C=O) groups is 1. The summed E-state index contributed by atoms with van der Waals surface area (Å²) in [5, 5.41) is 9.37. The van der Waals surface area contributed by atoms with E-state index in [-0.39, 0.29) is 5.92 Å². The van der Waals surface area contributed by atoms with Crippen molar-refractivity contribution in [2.24, 2.45) is 17.8 Å². The summed E-state index contributed by atoms with van der Waals surface area (Å²) in [6.07, 6.45) is 9.61. The Labute approximate surface area is 185 Å². The van der Waals surface area contributed by atoms with Crippen molar-refractivity contribution in [3.8, 4) is 0 Å². The molecular formula is C27H45NO2. The molecule has 3 heteroatoms. The van der Waals surface area contributed by atoms with Crippen LogP contribution in [0.4, 0.5) is 0 Å². The molecule has 1 N–H and O–H groups in total. The summed E-state index contributed by atoms with van der Waals surface area (Å²) in [6, 6.07) is 10.1. The lowest BCUT2D eigenvalue weighted by Gasteiger charge is -2.44. The van der Waals surface area contributed by atoms with Crippen molar-refractivity contribution in [1.29, 1.82) is 0 Å². The second-order valence-corrected chi connectivity index (χ2v) is 10.3. The molecule has 1 aromatic rings. The lowest BCUT2D eigenvalue weighted by atomic mass is 9.82. The second kappa shape index (κ2) is 12.5. The molecule has 3 nitrogen and oxygen atoms in total. The third-order valence-electron chi connectivity index (χ3n) is 6.74. The van der Waals surface area contributed by atoms with Crippen LogP contribution >= 0.6 is 0 Å². The number of nitrogens with zero attached hydrogens (tertiary/aromatic N) is 1. The van der Waals surface area contributed by atoms with Crippen molar-refractivity contribution in [2.75, 3.05) is 6.54 Å². The Morgan fingerprint density at radius 2 is 1.63 bits per heavy atom. The summed E-state index contributed by atoms with van der Waals surface area (Å²) in [7, 11) is 0. The Balaban J connectivity index is 2.25. The lowest BCUT2D eigenvalue weighted by Crippen LogP contribution is -2.44. The van der Waals surface area contributed by atoms with E-state index in [2.05, 4.69) is 63.8 Å². The topological polar surface area (TPSA) is 40.5 Å². The monoisotopic (exact) mass is 415 g/mol. The van der Waals surface area contributed by atoms with Crippen LogP contribution in [0.25, 0.3) is 0 Å². The van der Waals surface area contributed by atoms with Gasteiger partial charge in [-0.3, -0.25) is 9.69 Å². The fraction of sp³-hybridized carbons (Fsp3) is 0.741. The first-order valence-corrected chi connectivity index (χ1v) is 12.4. The van der Waals surface area contributed by atoms with Gasteiger partial charge in [-0.1, -0.05) is 65.3 Å². The van der Waals surface area contributed by atoms with E-state index in [1.165, 1.54) is 43.2 Å². The second-order valence-electron chi connectivity index (χ2n) is 10.3. The number of hydrogen-bond acceptors (Lipinski definition) is 2. The van der Waals surface area contributed by atoms with Gasteiger partial charge >= 0.3 is 5.97 Å². The largest absolute Gasteiger partial charge is 0.481 e. The molecular weight excluding hydrogens is 370 g/mol. The molecule has 0 bridgehead atoms. The summed E-state index contributed by atoms with van der Waals surface area (Å²) in [5.41, 5.74) is 2.78. The Kier molecular flexibility index (Phi) is 10.4. The predicted octanol–water partition coefficient (Wildman–Crippen LogP) is 7.11. The summed E-state index contributed by atoms with van der Waals surface area (Å²) in [4.78, 5) is 14.1. The molecule has 0 radical (unpaired) electrons. The quantitative estimate of drug-likeness (QED) is 0.395. The van der Waals surface area contributed by atoms with E-state index in [1.807, 2.05) is 0 Å². The van der Waals surface area contributed by atoms with Gasteiger partial charge in [0.1, 0.15) is 0 Å². The number of likely N-dealkylation sites (tertiary alicyclic amines) is 1. The first kappa shape index (κ1) is 24.9. The van der Waals surface area contributed by atoms with Gasteiger partial charge < -0.3 is 5.11 Å². The SMILES string of the molecule is CCCc1ccc(C2CC(CC(=O)O)CCN2C(CCC(C)C)CCC(C)C)cc1. The molecule has 0 spiro atoms. The van der Waals surface area contributed by atoms with E-state index in [9.17, 15) is 9.90 Å². The van der Waals surface area contributed by atoms with Crippen LogP contribution in [0.1, 0.15) is 103 Å². The van der Waals surface area contributed by atoms with Gasteiger partial charge in [-0.15, -0.1) is 0 Å². The molecule has 0 aliphatic carbocycles. The van der Waals surface area contributed by atoms with Crippen LogP contribution in [-0.4, -0.2) is 28.6 Å². The molecule has 1 aliphatic heterocycles. The minimum absolute atomic E-state index is 0.287. The van der Waals surface area contributed by atoms with Crippen molar-refractivity contribution in [3.05, 3.63) is 35.4 Å². The van der Waals surface area contributed by atoms with Crippen molar-refractivity contribution in [1.82, 2.24) is 4.90 Å². The maximum Gasteiger partial charge on any atom is 0.303 e. The maximum atomic E-state index is 11.4. The summed E-state index contributed by atoms with van der Waals surface area (Å²) < 4.78 is 0. The Morgan fingerprint density at radius 1 is 1.03 bits per heavy atom. The standard InChI is InChI=1S/C27H45NO2/c1-6-7-22-10-12-24(13-11-22)26-18-23(19-27(29)30)16-17-28(26)25(14-8-20(2)3)15-9-21(4)5/h10-13,20-21,23,25-26H,6-9,14-19H2,1-5H3,(H,29,30). The normalized spacial score (nSPS) is 20.4. The van der Waals surface area contributed by atoms with Crippen molar-refractivity contribution in [2.45, 2.75) is 104 Å². The van der Waals surface area contributed by atoms with Gasteiger partial charge in [-0.2, -0.15) is 0 Å². The molecule has 1 heterocycles. The molecule has 2 atom stereocenters. The minimum atomic E-state index is -0.651. The highest BCUT2D eigenvalue weighted by Crippen LogP contribution is 2.39. The molecule has 1 aromatic carbocycles. The van der Waals surface area contributed by atoms with Gasteiger partial charge in [0, 0.05) is 18.5 Å². The van der Waals surface area contributed by atoms with Crippen molar-refractivity contribution in [3.63, 3.8) is 0 Å². The first-order chi connectivity index (χ1) is 14.3. The average Bonchev–Trinajstić information content (AvgIpc) is 2.68. The van der Waals surface area contributed by atoms with E-state index >= 15 is 0 Å². The number of rotatable bonds is 12. The highest BCUT2D eigenvalue weighted by Gasteiger charge is 2.34. The fourth-order valence-electron chi connectivity index (χ4n) is 4.98. The van der Waals surface area contributed by atoms with Crippen LogP contribution in [0.15, 0.2) is 24.3 Å². The highest BCUT2D eigenvalue weighted by molar-refractivity contribution is 5.67. The van der Waals surface area contributed by atoms with E-state index in [1.54, 1.807) is 0 Å². The van der Waals surface area contributed by atoms with Crippen LogP contribution in [-0.2, 0) is 11.2 Å². The van der Waals surface area contributed by atoms with E-state index in [0.717, 1.165) is 37.6 Å². The Hall–Kier alpha value is -1.35. The molecule has 0 amide bonds. The van der Waals surface area contributed by atoms with Crippen molar-refractivity contribution >= 4 is 5.97 Å². The zero-order valence-corrected chi connectivity index (χ0v) is 20.1. The van der Waals surface area contributed by atoms with Gasteiger partial charge in [0.15, 0.2) is 0 Å². The Morgan fingerprint density at radius 3 is 2.13 bits per heavy atom. The van der Waals surface area contributed by atoms with E-state index in [0.29, 0.717) is 18.5 Å². The van der Waals surface area contributed by atoms with Gasteiger partial charge in [0.05, 0.1) is 0 Å². The zero-order chi connectivity index (χ0) is 22.1. The van der Waals surface area contributed by atoms with E-state index in [4.69, 9.17) is 0 Å². The average molecular weight is 416 g/mol. The third-order valence-corrected chi connectivity index (χ3v) is 6.74. The number of carboxylic acids is 1. The number of aryl methyl sites for hydroxylation is 1. The van der Waals surface area contributed by atoms with Crippen LogP contribution < -0.4 is 0 Å². The summed E-state index contributed by atoms with van der Waals surface area (Å²) in [5.74, 6) is 1.09. The van der Waals surface area contributed by atoms with Crippen LogP contribution in [0, 0.1) is 17.8 Å². The zero-order valence-electron chi connectivity index (χ0n) is 20.1. The number of carboxylic acid groups (broad SMARTS) is 1. The summed E-state index contributed by atoms with van der Waals surface area (Å²) >= 11 is 0. The molecule has 1 saturated heterocycles. The fourth-order valence-corrected chi connectivity index (χ4v) is 4.98. The molecule has 2 unspecified atom stereocenters. The lowest BCUT2D eigenvalue weighted by molar-refractivity contribution is -0.138. The van der Waals surface area contributed by atoms with Crippen LogP contribution in [0.5, 0.6) is 0 Å². The molecule has 0 aromatic heterocycles. The van der Waals surface area contributed by atoms with Crippen LogP contribution in [0.3, 0.4) is 0 Å². The third kappa shape index (κ3) is 8.06. The molecule has 170 valence electrons. The maximum absolute atomic E-state index is 11.4. The van der Waals surface area contributed by atoms with Gasteiger partial charge in [0.25, 0.3) is 0 Å². The highest BCUT2D eigenvalue weighted by atomic mass is 16.4. The van der Waals surface area contributed by atoms with Crippen LogP contribution in [0.2, 0.25) is 0 Å². The van der Waals surface area contributed by atoms with Gasteiger partial charge in [0.2, 0.25) is 0 Å². The molecule has 0 saturated carbocycles. The van der Waals surface area contributed by atoms with Gasteiger partial charge in [-0.05, 0) is 80.4 Å². The Bertz CT molecular complexity index is 610. The summed E-state index contributed by atoms with van der Waals surface area (Å²) in [6.45, 7) is 12.5. The number of hydrogen-bond donors (Lipinski definition) is 1. The number of aliphatic carboxylic acids is 1. The molecule has 1 aliphatic rings. The molecule has 2 rings (SSSR count). The molecule has 1 fully saturated rings. The number of benzene rings is 1. The predicted molar refractivity (Wildman–Crippen MR) is 127 cm³/mol. The smallest absolute Gasteiger partial charge is 0.303 e. The minimum Gasteiger partial charge on any atom is -0.481 e. The first-order valence-electron chi connectivity index (χ1n) is 12.4.